The molecule has 0 aliphatic heterocycles. The van der Waals surface area contributed by atoms with Gasteiger partial charge in [0.1, 0.15) is 0 Å². The Kier molecular flexibility index (Phi) is 6.60. The summed E-state index contributed by atoms with van der Waals surface area (Å²) in [5, 5.41) is 6.07. The Hall–Kier alpha value is -2.26. The van der Waals surface area contributed by atoms with Crippen LogP contribution in [0, 0.1) is 11.8 Å². The molecule has 0 amide bonds. The monoisotopic (exact) mass is 438 g/mol. The topological polar surface area (TPSA) is 0 Å². The number of hydrogen-bond acceptors (Lipinski definition) is 0. The Labute approximate surface area is 188 Å². The summed E-state index contributed by atoms with van der Waals surface area (Å²) in [4.78, 5) is 0. The zero-order valence-corrected chi connectivity index (χ0v) is 19.5. The zero-order chi connectivity index (χ0) is 20.9. The van der Waals surface area contributed by atoms with Gasteiger partial charge in [-0.05, 0) is 67.6 Å². The van der Waals surface area contributed by atoms with Crippen LogP contribution in [0.5, 0.6) is 0 Å². The van der Waals surface area contributed by atoms with Gasteiger partial charge in [-0.15, -0.1) is 0 Å². The third-order valence-electron chi connectivity index (χ3n) is 6.17. The lowest BCUT2D eigenvalue weighted by atomic mass is 10.4. The van der Waals surface area contributed by atoms with E-state index in [-0.39, 0.29) is 15.8 Å². The van der Waals surface area contributed by atoms with Gasteiger partial charge in [0.05, 0.1) is 0 Å². The molecule has 0 spiro atoms. The van der Waals surface area contributed by atoms with E-state index in [9.17, 15) is 0 Å². The van der Waals surface area contributed by atoms with E-state index in [1.54, 1.807) is 0 Å². The predicted octanol–water partition coefficient (Wildman–Crippen LogP) is 5.89. The molecule has 0 bridgehead atoms. The molecule has 154 valence electrons. The Morgan fingerprint density at radius 3 is 0.935 bits per heavy atom. The van der Waals surface area contributed by atoms with E-state index in [1.807, 2.05) is 0 Å². The molecular weight excluding hydrogens is 410 g/mol. The van der Waals surface area contributed by atoms with Crippen molar-refractivity contribution in [3.05, 3.63) is 121 Å². The molecule has 0 aromatic heterocycles. The SMILES string of the molecule is c1ccc(P(C[C@H]2C[C@@H]2CP(c2ccccc2)c2ccccc2)c2ccccc2)cc1. The molecule has 0 unspecified atom stereocenters. The fourth-order valence-corrected chi connectivity index (χ4v) is 9.78. The maximum Gasteiger partial charge on any atom is -0.0195 e. The summed E-state index contributed by atoms with van der Waals surface area (Å²) in [7, 11) is -0.562. The molecule has 0 N–H and O–H groups in total. The molecule has 5 rings (SSSR count). The first kappa shape index (κ1) is 20.6. The highest BCUT2D eigenvalue weighted by atomic mass is 31.1. The fraction of sp³-hybridized carbons (Fsp3) is 0.172. The van der Waals surface area contributed by atoms with Gasteiger partial charge in [0, 0.05) is 0 Å². The number of rotatable bonds is 8. The molecule has 0 saturated heterocycles. The average Bonchev–Trinajstić information content (AvgIpc) is 3.61. The van der Waals surface area contributed by atoms with Crippen LogP contribution in [0.1, 0.15) is 6.42 Å². The normalized spacial score (nSPS) is 17.7. The second kappa shape index (κ2) is 9.91. The molecule has 0 nitrogen and oxygen atoms in total. The van der Waals surface area contributed by atoms with Crippen molar-refractivity contribution < 1.29 is 0 Å². The first-order valence-electron chi connectivity index (χ1n) is 11.1. The standard InChI is InChI=1S/C29H28P2/c1-5-13-26(14-6-1)30(27-15-7-2-8-16-27)22-24-21-25(24)23-31(28-17-9-3-10-18-28)29-19-11-4-12-20-29/h1-20,24-25H,21-23H2/t24-,25-/m1/s1. The van der Waals surface area contributed by atoms with E-state index in [0.29, 0.717) is 0 Å². The fourth-order valence-electron chi connectivity index (χ4n) is 4.38. The van der Waals surface area contributed by atoms with Gasteiger partial charge < -0.3 is 0 Å². The predicted molar refractivity (Wildman–Crippen MR) is 139 cm³/mol. The summed E-state index contributed by atoms with van der Waals surface area (Å²) in [6, 6.07) is 44.7. The van der Waals surface area contributed by atoms with Gasteiger partial charge in [0.15, 0.2) is 0 Å². The van der Waals surface area contributed by atoms with Crippen molar-refractivity contribution in [3.63, 3.8) is 0 Å². The first-order valence-corrected chi connectivity index (χ1v) is 14.2. The van der Waals surface area contributed by atoms with Crippen LogP contribution in [0.4, 0.5) is 0 Å². The average molecular weight is 438 g/mol. The molecule has 4 aromatic rings. The molecule has 4 aromatic carbocycles. The lowest BCUT2D eigenvalue weighted by molar-refractivity contribution is 0.850. The van der Waals surface area contributed by atoms with E-state index < -0.39 is 0 Å². The summed E-state index contributed by atoms with van der Waals surface area (Å²) in [5.41, 5.74) is 0. The summed E-state index contributed by atoms with van der Waals surface area (Å²) in [5.74, 6) is 1.70. The third kappa shape index (κ3) is 5.15. The molecule has 1 aliphatic rings. The van der Waals surface area contributed by atoms with Crippen molar-refractivity contribution in [1.82, 2.24) is 0 Å². The maximum atomic E-state index is 2.33. The van der Waals surface area contributed by atoms with Crippen molar-refractivity contribution >= 4 is 37.1 Å². The second-order valence-corrected chi connectivity index (χ2v) is 12.8. The van der Waals surface area contributed by atoms with Crippen molar-refractivity contribution in [3.8, 4) is 0 Å². The lowest BCUT2D eigenvalue weighted by Crippen LogP contribution is -2.17. The van der Waals surface area contributed by atoms with Crippen molar-refractivity contribution in [2.45, 2.75) is 6.42 Å². The molecule has 2 heteroatoms. The van der Waals surface area contributed by atoms with E-state index in [1.165, 1.54) is 40.0 Å². The Morgan fingerprint density at radius 1 is 0.419 bits per heavy atom. The van der Waals surface area contributed by atoms with E-state index in [0.717, 1.165) is 11.8 Å². The van der Waals surface area contributed by atoms with Gasteiger partial charge in [-0.1, -0.05) is 121 Å². The highest BCUT2D eigenvalue weighted by Gasteiger charge is 2.40. The van der Waals surface area contributed by atoms with Gasteiger partial charge >= 0.3 is 0 Å². The van der Waals surface area contributed by atoms with Crippen LogP contribution in [-0.4, -0.2) is 12.3 Å². The summed E-state index contributed by atoms with van der Waals surface area (Å²) in [6.45, 7) is 0. The van der Waals surface area contributed by atoms with Crippen LogP contribution < -0.4 is 21.2 Å². The van der Waals surface area contributed by atoms with E-state index >= 15 is 0 Å². The molecule has 1 aliphatic carbocycles. The number of hydrogen-bond donors (Lipinski definition) is 0. The summed E-state index contributed by atoms with van der Waals surface area (Å²) in [6.07, 6.45) is 4.03. The molecule has 31 heavy (non-hydrogen) atoms. The molecule has 1 fully saturated rings. The molecule has 0 heterocycles. The highest BCUT2D eigenvalue weighted by Crippen LogP contribution is 2.53. The minimum atomic E-state index is -0.281. The Morgan fingerprint density at radius 2 is 0.677 bits per heavy atom. The van der Waals surface area contributed by atoms with Gasteiger partial charge in [-0.2, -0.15) is 0 Å². The Balaban J connectivity index is 1.34. The maximum absolute atomic E-state index is 2.33. The molecule has 0 radical (unpaired) electrons. The van der Waals surface area contributed by atoms with Gasteiger partial charge in [-0.3, -0.25) is 0 Å². The largest absolute Gasteiger partial charge is 0.0622 e. The first-order chi connectivity index (χ1) is 15.4. The van der Waals surface area contributed by atoms with Crippen LogP contribution in [0.2, 0.25) is 0 Å². The van der Waals surface area contributed by atoms with Gasteiger partial charge in [0.2, 0.25) is 0 Å². The number of benzene rings is 4. The van der Waals surface area contributed by atoms with Crippen molar-refractivity contribution in [2.24, 2.45) is 11.8 Å². The smallest absolute Gasteiger partial charge is 0.0195 e. The van der Waals surface area contributed by atoms with Crippen molar-refractivity contribution in [1.29, 1.82) is 0 Å². The minimum absolute atomic E-state index is 0.281. The van der Waals surface area contributed by atoms with E-state index in [2.05, 4.69) is 121 Å². The van der Waals surface area contributed by atoms with Crippen LogP contribution >= 0.6 is 15.8 Å². The molecular formula is C29H28P2. The minimum Gasteiger partial charge on any atom is -0.0622 e. The van der Waals surface area contributed by atoms with Crippen LogP contribution in [-0.2, 0) is 0 Å². The third-order valence-corrected chi connectivity index (χ3v) is 11.5. The Bertz CT molecular complexity index is 897. The van der Waals surface area contributed by atoms with Gasteiger partial charge in [0.25, 0.3) is 0 Å². The lowest BCUT2D eigenvalue weighted by Gasteiger charge is -2.21. The second-order valence-electron chi connectivity index (χ2n) is 8.32. The van der Waals surface area contributed by atoms with Crippen LogP contribution in [0.15, 0.2) is 121 Å². The van der Waals surface area contributed by atoms with Crippen LogP contribution in [0.25, 0.3) is 0 Å². The highest BCUT2D eigenvalue weighted by molar-refractivity contribution is 7.73. The van der Waals surface area contributed by atoms with Crippen molar-refractivity contribution in [2.75, 3.05) is 12.3 Å². The molecule has 2 atom stereocenters. The summed E-state index contributed by atoms with van der Waals surface area (Å²) < 4.78 is 0. The molecule has 1 saturated carbocycles. The zero-order valence-electron chi connectivity index (χ0n) is 17.7. The van der Waals surface area contributed by atoms with Gasteiger partial charge in [-0.25, -0.2) is 0 Å². The summed E-state index contributed by atoms with van der Waals surface area (Å²) >= 11 is 0. The van der Waals surface area contributed by atoms with E-state index in [4.69, 9.17) is 0 Å². The quantitative estimate of drug-likeness (QED) is 0.301. The van der Waals surface area contributed by atoms with Crippen LogP contribution in [0.3, 0.4) is 0 Å².